The Hall–Kier alpha value is -1.77. The van der Waals surface area contributed by atoms with Crippen LogP contribution >= 0.6 is 47.4 Å². The second-order valence-corrected chi connectivity index (χ2v) is 8.92. The lowest BCUT2D eigenvalue weighted by molar-refractivity contribution is 0.663. The number of aromatic nitrogens is 5. The number of nitrogens with zero attached hydrogens (tertiary/aromatic N) is 5. The van der Waals surface area contributed by atoms with Crippen LogP contribution in [0.15, 0.2) is 47.6 Å². The number of benzene rings is 2. The minimum atomic E-state index is 0. The van der Waals surface area contributed by atoms with E-state index in [4.69, 9.17) is 23.2 Å². The number of hydrogen-bond acceptors (Lipinski definition) is 5. The minimum absolute atomic E-state index is 0. The van der Waals surface area contributed by atoms with Crippen LogP contribution in [-0.4, -0.2) is 37.1 Å². The van der Waals surface area contributed by atoms with E-state index in [0.29, 0.717) is 16.6 Å². The number of nitrogens with one attached hydrogen (secondary N) is 1. The van der Waals surface area contributed by atoms with Crippen LogP contribution in [0.1, 0.15) is 16.8 Å². The largest absolute Gasteiger partial charge is 0.340 e. The van der Waals surface area contributed by atoms with Crippen LogP contribution in [0.3, 0.4) is 0 Å². The van der Waals surface area contributed by atoms with Crippen molar-refractivity contribution in [3.63, 3.8) is 0 Å². The molecule has 1 N–H and O–H groups in total. The zero-order chi connectivity index (χ0) is 21.1. The van der Waals surface area contributed by atoms with Crippen molar-refractivity contribution in [1.29, 1.82) is 0 Å². The van der Waals surface area contributed by atoms with Gasteiger partial charge in [0.15, 0.2) is 0 Å². The van der Waals surface area contributed by atoms with Crippen molar-refractivity contribution in [2.45, 2.75) is 25.2 Å². The first kappa shape index (κ1) is 23.9. The Labute approximate surface area is 201 Å². The molecule has 0 saturated heterocycles. The van der Waals surface area contributed by atoms with Gasteiger partial charge in [0.25, 0.3) is 0 Å². The highest BCUT2D eigenvalue weighted by atomic mass is 35.5. The number of rotatable bonds is 8. The summed E-state index contributed by atoms with van der Waals surface area (Å²) in [6.45, 7) is 4.53. The highest BCUT2D eigenvalue weighted by molar-refractivity contribution is 7.99. The fourth-order valence-electron chi connectivity index (χ4n) is 3.52. The summed E-state index contributed by atoms with van der Waals surface area (Å²) < 4.78 is 4.01. The summed E-state index contributed by atoms with van der Waals surface area (Å²) in [4.78, 5) is 0. The first-order valence-corrected chi connectivity index (χ1v) is 11.3. The van der Waals surface area contributed by atoms with Crippen molar-refractivity contribution in [3.8, 4) is 0 Å². The number of halogens is 3. The summed E-state index contributed by atoms with van der Waals surface area (Å²) in [7, 11) is 1.85. The van der Waals surface area contributed by atoms with Crippen LogP contribution in [0.2, 0.25) is 10.0 Å². The molecule has 31 heavy (non-hydrogen) atoms. The standard InChI is InChI=1S/C21H22Cl2N6S.ClH/c1-14-18(12-24-9-10-30-21-25-26-27-28(21)2)17-5-3-4-6-20(17)29(14)13-15-7-8-16(22)11-19(15)23;/h3-8,11,24H,9-10,12-13H2,1-2H3;1H. The van der Waals surface area contributed by atoms with E-state index in [-0.39, 0.29) is 12.4 Å². The third kappa shape index (κ3) is 5.35. The summed E-state index contributed by atoms with van der Waals surface area (Å²) in [5.41, 5.74) is 4.80. The molecule has 6 nitrogen and oxygen atoms in total. The second kappa shape index (κ2) is 10.7. The van der Waals surface area contributed by atoms with Gasteiger partial charge in [0.1, 0.15) is 0 Å². The number of para-hydroxylation sites is 1. The molecule has 0 aliphatic heterocycles. The Morgan fingerprint density at radius 3 is 2.68 bits per heavy atom. The maximum Gasteiger partial charge on any atom is 0.209 e. The molecule has 2 aromatic heterocycles. The van der Waals surface area contributed by atoms with Crippen molar-refractivity contribution in [2.24, 2.45) is 7.05 Å². The van der Waals surface area contributed by atoms with E-state index in [1.165, 1.54) is 22.2 Å². The second-order valence-electron chi connectivity index (χ2n) is 7.01. The van der Waals surface area contributed by atoms with Gasteiger partial charge in [-0.15, -0.1) is 17.5 Å². The number of hydrogen-bond donors (Lipinski definition) is 1. The molecule has 0 atom stereocenters. The molecule has 0 aliphatic rings. The van der Waals surface area contributed by atoms with Crippen molar-refractivity contribution >= 4 is 58.3 Å². The zero-order valence-electron chi connectivity index (χ0n) is 17.2. The van der Waals surface area contributed by atoms with Gasteiger partial charge >= 0.3 is 0 Å². The Balaban J connectivity index is 0.00000272. The molecular weight excluding hydrogens is 475 g/mol. The van der Waals surface area contributed by atoms with Gasteiger partial charge in [-0.05, 0) is 46.7 Å². The number of thioether (sulfide) groups is 1. The predicted molar refractivity (Wildman–Crippen MR) is 131 cm³/mol. The van der Waals surface area contributed by atoms with Gasteiger partial charge in [-0.3, -0.25) is 0 Å². The fourth-order valence-corrected chi connectivity index (χ4v) is 4.74. The number of tetrazole rings is 1. The van der Waals surface area contributed by atoms with Gasteiger partial charge < -0.3 is 9.88 Å². The van der Waals surface area contributed by atoms with Gasteiger partial charge in [-0.25, -0.2) is 4.68 Å². The molecular formula is C21H23Cl3N6S. The van der Waals surface area contributed by atoms with E-state index < -0.39 is 0 Å². The first-order chi connectivity index (χ1) is 14.5. The molecule has 0 aliphatic carbocycles. The summed E-state index contributed by atoms with van der Waals surface area (Å²) in [6, 6.07) is 14.2. The van der Waals surface area contributed by atoms with Gasteiger partial charge in [-0.2, -0.15) is 0 Å². The Bertz CT molecular complexity index is 1170. The summed E-state index contributed by atoms with van der Waals surface area (Å²) >= 11 is 14.1. The molecule has 4 rings (SSSR count). The van der Waals surface area contributed by atoms with Gasteiger partial charge in [0, 0.05) is 59.1 Å². The lowest BCUT2D eigenvalue weighted by Gasteiger charge is -2.11. The van der Waals surface area contributed by atoms with Crippen LogP contribution in [0.4, 0.5) is 0 Å². The fraction of sp³-hybridized carbons (Fsp3) is 0.286. The van der Waals surface area contributed by atoms with Crippen LogP contribution in [0.5, 0.6) is 0 Å². The molecule has 0 amide bonds. The monoisotopic (exact) mass is 496 g/mol. The van der Waals surface area contributed by atoms with Crippen molar-refractivity contribution < 1.29 is 0 Å². The van der Waals surface area contributed by atoms with Crippen molar-refractivity contribution in [2.75, 3.05) is 12.3 Å². The zero-order valence-corrected chi connectivity index (χ0v) is 20.3. The van der Waals surface area contributed by atoms with E-state index in [1.807, 2.05) is 19.2 Å². The minimum Gasteiger partial charge on any atom is -0.340 e. The van der Waals surface area contributed by atoms with Gasteiger partial charge in [0.2, 0.25) is 5.16 Å². The molecule has 0 spiro atoms. The summed E-state index contributed by atoms with van der Waals surface area (Å²) in [5.74, 6) is 0.895. The maximum atomic E-state index is 6.43. The molecule has 10 heteroatoms. The van der Waals surface area contributed by atoms with Crippen LogP contribution in [-0.2, 0) is 20.1 Å². The number of fused-ring (bicyclic) bond motifs is 1. The Morgan fingerprint density at radius 2 is 1.94 bits per heavy atom. The third-order valence-electron chi connectivity index (χ3n) is 5.10. The molecule has 4 aromatic rings. The SMILES string of the molecule is Cc1c(CNCCSc2nnnn2C)c2ccccc2n1Cc1ccc(Cl)cc1Cl.Cl. The average molecular weight is 498 g/mol. The van der Waals surface area contributed by atoms with E-state index in [0.717, 1.165) is 29.6 Å². The highest BCUT2D eigenvalue weighted by Crippen LogP contribution is 2.29. The third-order valence-corrected chi connectivity index (χ3v) is 6.70. The van der Waals surface area contributed by atoms with Crippen LogP contribution in [0, 0.1) is 6.92 Å². The molecule has 0 unspecified atom stereocenters. The van der Waals surface area contributed by atoms with E-state index in [1.54, 1.807) is 22.5 Å². The summed E-state index contributed by atoms with van der Waals surface area (Å²) in [5, 5.41) is 18.5. The molecule has 0 radical (unpaired) electrons. The smallest absolute Gasteiger partial charge is 0.209 e. The molecule has 0 fully saturated rings. The lowest BCUT2D eigenvalue weighted by atomic mass is 10.1. The van der Waals surface area contributed by atoms with Gasteiger partial charge in [-0.1, -0.05) is 59.2 Å². The van der Waals surface area contributed by atoms with E-state index in [2.05, 4.69) is 56.6 Å². The van der Waals surface area contributed by atoms with E-state index in [9.17, 15) is 0 Å². The molecule has 2 heterocycles. The topological polar surface area (TPSA) is 60.6 Å². The Kier molecular flexibility index (Phi) is 8.24. The Morgan fingerprint density at radius 1 is 1.13 bits per heavy atom. The normalized spacial score (nSPS) is 11.1. The van der Waals surface area contributed by atoms with E-state index >= 15 is 0 Å². The predicted octanol–water partition coefficient (Wildman–Crippen LogP) is 5.13. The number of aryl methyl sites for hydroxylation is 1. The van der Waals surface area contributed by atoms with Crippen molar-refractivity contribution in [1.82, 2.24) is 30.1 Å². The molecule has 0 bridgehead atoms. The molecule has 2 aromatic carbocycles. The molecule has 164 valence electrons. The summed E-state index contributed by atoms with van der Waals surface area (Å²) in [6.07, 6.45) is 0. The maximum absolute atomic E-state index is 6.43. The van der Waals surface area contributed by atoms with Crippen LogP contribution in [0.25, 0.3) is 10.9 Å². The quantitative estimate of drug-likeness (QED) is 0.270. The van der Waals surface area contributed by atoms with Crippen LogP contribution < -0.4 is 5.32 Å². The molecule has 0 saturated carbocycles. The first-order valence-electron chi connectivity index (χ1n) is 9.61. The van der Waals surface area contributed by atoms with Gasteiger partial charge in [0.05, 0.1) is 0 Å². The van der Waals surface area contributed by atoms with Crippen molar-refractivity contribution in [3.05, 3.63) is 69.3 Å². The average Bonchev–Trinajstić information content (AvgIpc) is 3.25. The lowest BCUT2D eigenvalue weighted by Crippen LogP contribution is -2.17. The highest BCUT2D eigenvalue weighted by Gasteiger charge is 2.15.